The van der Waals surface area contributed by atoms with E-state index in [9.17, 15) is 4.79 Å². The Kier molecular flexibility index (Phi) is 4.79. The van der Waals surface area contributed by atoms with Crippen molar-refractivity contribution in [3.05, 3.63) is 65.7 Å². The lowest BCUT2D eigenvalue weighted by Crippen LogP contribution is -2.15. The highest BCUT2D eigenvalue weighted by molar-refractivity contribution is 5.75. The molecule has 0 saturated carbocycles. The maximum atomic E-state index is 11.9. The maximum Gasteiger partial charge on any atom is 0.315 e. The molecule has 2 heteroatoms. The van der Waals surface area contributed by atoms with Crippen LogP contribution in [0.2, 0.25) is 0 Å². The lowest BCUT2D eigenvalue weighted by molar-refractivity contribution is -0.133. The molecule has 0 N–H and O–H groups in total. The summed E-state index contributed by atoms with van der Waals surface area (Å²) in [5.41, 5.74) is 2.37. The van der Waals surface area contributed by atoms with Crippen molar-refractivity contribution < 1.29 is 9.53 Å². The number of benzene rings is 2. The van der Waals surface area contributed by atoms with Gasteiger partial charge in [-0.25, -0.2) is 0 Å². The first-order valence-corrected chi connectivity index (χ1v) is 7.36. The third-order valence-corrected chi connectivity index (χ3v) is 3.94. The van der Waals surface area contributed by atoms with Crippen molar-refractivity contribution in [3.63, 3.8) is 0 Å². The molecule has 0 atom stereocenters. The van der Waals surface area contributed by atoms with Crippen molar-refractivity contribution in [2.75, 3.05) is 0 Å². The van der Waals surface area contributed by atoms with E-state index in [1.165, 1.54) is 5.56 Å². The Labute approximate surface area is 126 Å². The average Bonchev–Trinajstić information content (AvgIpc) is 2.48. The zero-order valence-electron chi connectivity index (χ0n) is 12.9. The number of hydrogen-bond acceptors (Lipinski definition) is 2. The minimum absolute atomic E-state index is 0.145. The van der Waals surface area contributed by atoms with Gasteiger partial charge in [0.25, 0.3) is 0 Å². The molecule has 0 aliphatic heterocycles. The fourth-order valence-corrected chi connectivity index (χ4v) is 2.11. The Morgan fingerprint density at radius 3 is 2.19 bits per heavy atom. The minimum atomic E-state index is -0.233. The van der Waals surface area contributed by atoms with Gasteiger partial charge in [0, 0.05) is 0 Å². The molecule has 2 nitrogen and oxygen atoms in total. The van der Waals surface area contributed by atoms with E-state index < -0.39 is 0 Å². The smallest absolute Gasteiger partial charge is 0.315 e. The Hall–Kier alpha value is -2.09. The molecular weight excluding hydrogens is 260 g/mol. The van der Waals surface area contributed by atoms with Crippen molar-refractivity contribution in [1.29, 1.82) is 0 Å². The van der Waals surface area contributed by atoms with Gasteiger partial charge in [0.1, 0.15) is 5.75 Å². The average molecular weight is 282 g/mol. The normalized spacial score (nSPS) is 11.2. The van der Waals surface area contributed by atoms with Crippen LogP contribution in [0.3, 0.4) is 0 Å². The molecule has 0 spiro atoms. The van der Waals surface area contributed by atoms with E-state index in [2.05, 4.69) is 20.8 Å². The topological polar surface area (TPSA) is 26.3 Å². The third-order valence-electron chi connectivity index (χ3n) is 3.94. The Bertz CT molecular complexity index is 583. The summed E-state index contributed by atoms with van der Waals surface area (Å²) < 4.78 is 5.38. The largest absolute Gasteiger partial charge is 0.426 e. The van der Waals surface area contributed by atoms with Crippen LogP contribution in [-0.2, 0) is 16.6 Å². The summed E-state index contributed by atoms with van der Waals surface area (Å²) in [7, 11) is 0. The fourth-order valence-electron chi connectivity index (χ4n) is 2.11. The zero-order chi connectivity index (χ0) is 15.3. The molecule has 0 aliphatic carbocycles. The molecule has 0 bridgehead atoms. The van der Waals surface area contributed by atoms with Crippen LogP contribution >= 0.6 is 0 Å². The Balaban J connectivity index is 1.99. The van der Waals surface area contributed by atoms with Crippen LogP contribution in [0.25, 0.3) is 0 Å². The van der Waals surface area contributed by atoms with Crippen molar-refractivity contribution in [1.82, 2.24) is 0 Å². The van der Waals surface area contributed by atoms with E-state index in [0.29, 0.717) is 12.2 Å². The standard InChI is InChI=1S/C19H22O2/c1-4-19(2,3)16-10-12-17(13-11-16)21-18(20)14-15-8-6-5-7-9-15/h5-13H,4,14H2,1-3H3. The summed E-state index contributed by atoms with van der Waals surface area (Å²) in [4.78, 5) is 11.9. The number of rotatable bonds is 5. The van der Waals surface area contributed by atoms with Crippen LogP contribution in [0, 0.1) is 0 Å². The third kappa shape index (κ3) is 4.19. The lowest BCUT2D eigenvalue weighted by atomic mass is 9.82. The van der Waals surface area contributed by atoms with Crippen LogP contribution < -0.4 is 4.74 Å². The van der Waals surface area contributed by atoms with Gasteiger partial charge in [-0.05, 0) is 35.1 Å². The lowest BCUT2D eigenvalue weighted by Gasteiger charge is -2.23. The first-order valence-electron chi connectivity index (χ1n) is 7.36. The quantitative estimate of drug-likeness (QED) is 0.595. The molecule has 0 radical (unpaired) electrons. The van der Waals surface area contributed by atoms with Crippen LogP contribution in [0.4, 0.5) is 0 Å². The van der Waals surface area contributed by atoms with E-state index >= 15 is 0 Å². The summed E-state index contributed by atoms with van der Waals surface area (Å²) >= 11 is 0. The highest BCUT2D eigenvalue weighted by Gasteiger charge is 2.17. The van der Waals surface area contributed by atoms with Crippen LogP contribution in [-0.4, -0.2) is 5.97 Å². The van der Waals surface area contributed by atoms with Gasteiger partial charge in [0.05, 0.1) is 6.42 Å². The molecule has 2 aromatic carbocycles. The van der Waals surface area contributed by atoms with Crippen LogP contribution in [0.1, 0.15) is 38.3 Å². The molecule has 0 fully saturated rings. The molecular formula is C19H22O2. The second-order valence-corrected chi connectivity index (χ2v) is 5.90. The monoisotopic (exact) mass is 282 g/mol. The molecule has 0 heterocycles. The summed E-state index contributed by atoms with van der Waals surface area (Å²) in [6.45, 7) is 6.60. The Morgan fingerprint density at radius 1 is 1.00 bits per heavy atom. The van der Waals surface area contributed by atoms with Gasteiger partial charge < -0.3 is 4.74 Å². The SMILES string of the molecule is CCC(C)(C)c1ccc(OC(=O)Cc2ccccc2)cc1. The van der Waals surface area contributed by atoms with E-state index in [4.69, 9.17) is 4.74 Å². The molecule has 110 valence electrons. The maximum absolute atomic E-state index is 11.9. The van der Waals surface area contributed by atoms with Crippen molar-refractivity contribution >= 4 is 5.97 Å². The number of hydrogen-bond donors (Lipinski definition) is 0. The molecule has 21 heavy (non-hydrogen) atoms. The summed E-state index contributed by atoms with van der Waals surface area (Å²) in [6, 6.07) is 17.4. The molecule has 2 rings (SSSR count). The second-order valence-electron chi connectivity index (χ2n) is 5.90. The van der Waals surface area contributed by atoms with Gasteiger partial charge in [0.2, 0.25) is 0 Å². The van der Waals surface area contributed by atoms with Crippen LogP contribution in [0.15, 0.2) is 54.6 Å². The van der Waals surface area contributed by atoms with Gasteiger partial charge in [-0.15, -0.1) is 0 Å². The number of esters is 1. The van der Waals surface area contributed by atoms with Crippen molar-refractivity contribution in [2.24, 2.45) is 0 Å². The number of carbonyl (C=O) groups is 1. The van der Waals surface area contributed by atoms with Crippen LogP contribution in [0.5, 0.6) is 5.75 Å². The predicted molar refractivity (Wildman–Crippen MR) is 85.5 cm³/mol. The Morgan fingerprint density at radius 2 is 1.62 bits per heavy atom. The molecule has 0 saturated heterocycles. The second kappa shape index (κ2) is 6.57. The first kappa shape index (κ1) is 15.3. The number of ether oxygens (including phenoxy) is 1. The minimum Gasteiger partial charge on any atom is -0.426 e. The van der Waals surface area contributed by atoms with Crippen molar-refractivity contribution in [2.45, 2.75) is 39.0 Å². The van der Waals surface area contributed by atoms with Gasteiger partial charge in [-0.1, -0.05) is 63.2 Å². The van der Waals surface area contributed by atoms with Crippen molar-refractivity contribution in [3.8, 4) is 5.75 Å². The summed E-state index contributed by atoms with van der Waals surface area (Å²) in [5.74, 6) is 0.371. The molecule has 0 aliphatic rings. The first-order chi connectivity index (χ1) is 10.0. The highest BCUT2D eigenvalue weighted by atomic mass is 16.5. The summed E-state index contributed by atoms with van der Waals surface area (Å²) in [6.07, 6.45) is 1.36. The van der Waals surface area contributed by atoms with E-state index in [-0.39, 0.29) is 11.4 Å². The predicted octanol–water partition coefficient (Wildman–Crippen LogP) is 4.52. The molecule has 2 aromatic rings. The van der Waals surface area contributed by atoms with Gasteiger partial charge in [0.15, 0.2) is 0 Å². The zero-order valence-corrected chi connectivity index (χ0v) is 12.9. The van der Waals surface area contributed by atoms with E-state index in [0.717, 1.165) is 12.0 Å². The van der Waals surface area contributed by atoms with Gasteiger partial charge in [-0.2, -0.15) is 0 Å². The number of carbonyl (C=O) groups excluding carboxylic acids is 1. The molecule has 0 amide bonds. The van der Waals surface area contributed by atoms with Gasteiger partial charge in [-0.3, -0.25) is 4.79 Å². The van der Waals surface area contributed by atoms with Gasteiger partial charge >= 0.3 is 5.97 Å². The summed E-state index contributed by atoms with van der Waals surface area (Å²) in [5, 5.41) is 0. The molecule has 0 unspecified atom stereocenters. The van der Waals surface area contributed by atoms with E-state index in [1.807, 2.05) is 54.6 Å². The molecule has 0 aromatic heterocycles. The highest BCUT2D eigenvalue weighted by Crippen LogP contribution is 2.28. The fraction of sp³-hybridized carbons (Fsp3) is 0.316. The van der Waals surface area contributed by atoms with E-state index in [1.54, 1.807) is 0 Å².